The molecule has 0 bridgehead atoms. The van der Waals surface area contributed by atoms with Crippen molar-refractivity contribution in [2.75, 3.05) is 51.8 Å². The molecule has 2 aromatic carbocycles. The largest absolute Gasteiger partial charge is 0.497 e. The van der Waals surface area contributed by atoms with E-state index in [4.69, 9.17) is 9.47 Å². The summed E-state index contributed by atoms with van der Waals surface area (Å²) in [4.78, 5) is 31.3. The molecule has 0 spiro atoms. The van der Waals surface area contributed by atoms with Gasteiger partial charge in [-0.1, -0.05) is 30.3 Å². The zero-order chi connectivity index (χ0) is 23.2. The fourth-order valence-electron chi connectivity index (χ4n) is 4.48. The number of carbonyl (C=O) groups is 2. The first-order chi connectivity index (χ1) is 16.1. The van der Waals surface area contributed by atoms with Gasteiger partial charge in [0.2, 0.25) is 5.91 Å². The highest BCUT2D eigenvalue weighted by Crippen LogP contribution is 2.34. The Balaban J connectivity index is 1.26. The molecule has 3 amide bonds. The summed E-state index contributed by atoms with van der Waals surface area (Å²) in [6, 6.07) is 15.7. The predicted molar refractivity (Wildman–Crippen MR) is 127 cm³/mol. The summed E-state index contributed by atoms with van der Waals surface area (Å²) in [5.41, 5.74) is 1.96. The first kappa shape index (κ1) is 22.9. The molecule has 8 nitrogen and oxygen atoms in total. The average molecular weight is 453 g/mol. The van der Waals surface area contributed by atoms with Crippen LogP contribution < -0.4 is 19.7 Å². The summed E-state index contributed by atoms with van der Waals surface area (Å²) in [6.45, 7) is 3.88. The summed E-state index contributed by atoms with van der Waals surface area (Å²) >= 11 is 0. The van der Waals surface area contributed by atoms with Crippen LogP contribution in [0.4, 0.5) is 10.5 Å². The lowest BCUT2D eigenvalue weighted by molar-refractivity contribution is -0.122. The van der Waals surface area contributed by atoms with Crippen LogP contribution in [0.3, 0.4) is 0 Å². The molecule has 2 fully saturated rings. The van der Waals surface area contributed by atoms with Gasteiger partial charge in [-0.2, -0.15) is 0 Å². The number of amides is 3. The number of hydrogen-bond acceptors (Lipinski definition) is 5. The van der Waals surface area contributed by atoms with Crippen LogP contribution in [0.15, 0.2) is 48.5 Å². The molecule has 1 N–H and O–H groups in total. The Labute approximate surface area is 195 Å². The van der Waals surface area contributed by atoms with Crippen LogP contribution in [0, 0.1) is 0 Å². The van der Waals surface area contributed by atoms with E-state index in [9.17, 15) is 9.59 Å². The van der Waals surface area contributed by atoms with Crippen LogP contribution in [0.5, 0.6) is 11.5 Å². The molecule has 0 aromatic heterocycles. The molecule has 2 heterocycles. The molecule has 2 aromatic rings. The van der Waals surface area contributed by atoms with Crippen LogP contribution in [-0.4, -0.2) is 74.7 Å². The number of nitrogens with zero attached hydrogens (tertiary/aromatic N) is 3. The van der Waals surface area contributed by atoms with Crippen molar-refractivity contribution in [1.29, 1.82) is 0 Å². The second-order valence-electron chi connectivity index (χ2n) is 8.50. The van der Waals surface area contributed by atoms with Gasteiger partial charge in [-0.05, 0) is 30.5 Å². The summed E-state index contributed by atoms with van der Waals surface area (Å²) in [5.74, 6) is 1.13. The van der Waals surface area contributed by atoms with E-state index in [-0.39, 0.29) is 24.5 Å². The summed E-state index contributed by atoms with van der Waals surface area (Å²) in [6.07, 6.45) is 1.83. The number of urea groups is 1. The van der Waals surface area contributed by atoms with E-state index in [0.29, 0.717) is 30.3 Å². The third-order valence-electron chi connectivity index (χ3n) is 6.31. The van der Waals surface area contributed by atoms with Crippen molar-refractivity contribution in [1.82, 2.24) is 15.1 Å². The highest BCUT2D eigenvalue weighted by atomic mass is 16.5. The van der Waals surface area contributed by atoms with Crippen LogP contribution in [0.25, 0.3) is 0 Å². The molecule has 2 saturated heterocycles. The maximum absolute atomic E-state index is 13.0. The zero-order valence-corrected chi connectivity index (χ0v) is 19.3. The number of benzene rings is 2. The van der Waals surface area contributed by atoms with E-state index in [1.165, 1.54) is 5.56 Å². The lowest BCUT2D eigenvalue weighted by Crippen LogP contribution is -2.47. The van der Waals surface area contributed by atoms with Gasteiger partial charge in [0.25, 0.3) is 0 Å². The Bertz CT molecular complexity index is 960. The Morgan fingerprint density at radius 1 is 1.00 bits per heavy atom. The van der Waals surface area contributed by atoms with Gasteiger partial charge in [0, 0.05) is 44.8 Å². The van der Waals surface area contributed by atoms with Crippen LogP contribution in [0.1, 0.15) is 18.4 Å². The van der Waals surface area contributed by atoms with E-state index < -0.39 is 0 Å². The Hall–Kier alpha value is -3.26. The number of likely N-dealkylation sites (tertiary alicyclic amines) is 1. The lowest BCUT2D eigenvalue weighted by Gasteiger charge is -2.32. The number of ether oxygens (including phenoxy) is 2. The first-order valence-corrected chi connectivity index (χ1v) is 11.4. The normalized spacial score (nSPS) is 17.3. The smallest absolute Gasteiger partial charge is 0.325 e. The molecule has 8 heteroatoms. The number of hydrogen-bond donors (Lipinski definition) is 1. The number of piperidine rings is 1. The minimum Gasteiger partial charge on any atom is -0.497 e. The topological polar surface area (TPSA) is 74.4 Å². The molecule has 0 atom stereocenters. The molecule has 0 radical (unpaired) electrons. The Morgan fingerprint density at radius 2 is 1.76 bits per heavy atom. The number of rotatable bonds is 8. The number of carbonyl (C=O) groups excluding carboxylic acids is 2. The standard InChI is InChI=1S/C25H32N4O4/c1-32-21-8-9-23(33-2)22(16-21)29-15-14-28(25(29)31)18-24(30)26-20-10-12-27(13-11-20)17-19-6-4-3-5-7-19/h3-9,16,20H,10-15,17-18H2,1-2H3,(H,26,30). The monoisotopic (exact) mass is 452 g/mol. The Kier molecular flexibility index (Phi) is 7.34. The molecule has 0 saturated carbocycles. The van der Waals surface area contributed by atoms with E-state index in [0.717, 1.165) is 32.5 Å². The van der Waals surface area contributed by atoms with Gasteiger partial charge in [0.1, 0.15) is 18.0 Å². The van der Waals surface area contributed by atoms with Crippen molar-refractivity contribution in [3.63, 3.8) is 0 Å². The van der Waals surface area contributed by atoms with Crippen LogP contribution in [-0.2, 0) is 11.3 Å². The van der Waals surface area contributed by atoms with E-state index in [2.05, 4.69) is 34.5 Å². The molecular weight excluding hydrogens is 420 g/mol. The van der Waals surface area contributed by atoms with Gasteiger partial charge in [-0.3, -0.25) is 14.6 Å². The third kappa shape index (κ3) is 5.57. The quantitative estimate of drug-likeness (QED) is 0.667. The maximum Gasteiger partial charge on any atom is 0.325 e. The predicted octanol–water partition coefficient (Wildman–Crippen LogP) is 2.73. The van der Waals surface area contributed by atoms with Crippen molar-refractivity contribution < 1.29 is 19.1 Å². The number of anilines is 1. The molecular formula is C25H32N4O4. The van der Waals surface area contributed by atoms with Crippen molar-refractivity contribution in [3.8, 4) is 11.5 Å². The fourth-order valence-corrected chi connectivity index (χ4v) is 4.48. The first-order valence-electron chi connectivity index (χ1n) is 11.4. The van der Waals surface area contributed by atoms with Crippen molar-refractivity contribution in [2.45, 2.75) is 25.4 Å². The van der Waals surface area contributed by atoms with Gasteiger partial charge in [0.15, 0.2) is 0 Å². The highest BCUT2D eigenvalue weighted by Gasteiger charge is 2.33. The third-order valence-corrected chi connectivity index (χ3v) is 6.31. The average Bonchev–Trinajstić information content (AvgIpc) is 3.20. The minimum atomic E-state index is -0.200. The molecule has 0 aliphatic carbocycles. The van der Waals surface area contributed by atoms with Crippen LogP contribution >= 0.6 is 0 Å². The second-order valence-corrected chi connectivity index (χ2v) is 8.50. The summed E-state index contributed by atoms with van der Waals surface area (Å²) in [7, 11) is 3.16. The van der Waals surface area contributed by atoms with E-state index >= 15 is 0 Å². The maximum atomic E-state index is 13.0. The zero-order valence-electron chi connectivity index (χ0n) is 19.3. The SMILES string of the molecule is COc1ccc(OC)c(N2CCN(CC(=O)NC3CCN(Cc4ccccc4)CC3)C2=O)c1. The fraction of sp³-hybridized carbons (Fsp3) is 0.440. The molecule has 2 aliphatic heterocycles. The molecule has 33 heavy (non-hydrogen) atoms. The lowest BCUT2D eigenvalue weighted by atomic mass is 10.0. The number of nitrogens with one attached hydrogen (secondary N) is 1. The Morgan fingerprint density at radius 3 is 2.45 bits per heavy atom. The summed E-state index contributed by atoms with van der Waals surface area (Å²) < 4.78 is 10.7. The summed E-state index contributed by atoms with van der Waals surface area (Å²) in [5, 5.41) is 3.12. The van der Waals surface area contributed by atoms with Crippen molar-refractivity contribution >= 4 is 17.6 Å². The van der Waals surface area contributed by atoms with Crippen LogP contribution in [0.2, 0.25) is 0 Å². The van der Waals surface area contributed by atoms with Gasteiger partial charge in [0.05, 0.1) is 19.9 Å². The van der Waals surface area contributed by atoms with E-state index in [1.807, 2.05) is 6.07 Å². The number of methoxy groups -OCH3 is 2. The highest BCUT2D eigenvalue weighted by molar-refractivity contribution is 5.98. The minimum absolute atomic E-state index is 0.0614. The second kappa shape index (κ2) is 10.6. The molecule has 2 aliphatic rings. The van der Waals surface area contributed by atoms with E-state index in [1.54, 1.807) is 42.2 Å². The van der Waals surface area contributed by atoms with Gasteiger partial charge >= 0.3 is 6.03 Å². The van der Waals surface area contributed by atoms with Gasteiger partial charge < -0.3 is 19.7 Å². The van der Waals surface area contributed by atoms with Gasteiger partial charge in [-0.25, -0.2) is 4.79 Å². The van der Waals surface area contributed by atoms with Crippen molar-refractivity contribution in [3.05, 3.63) is 54.1 Å². The van der Waals surface area contributed by atoms with Gasteiger partial charge in [-0.15, -0.1) is 0 Å². The molecule has 4 rings (SSSR count). The van der Waals surface area contributed by atoms with Crippen molar-refractivity contribution in [2.24, 2.45) is 0 Å². The molecule has 0 unspecified atom stereocenters. The molecule has 176 valence electrons.